The second-order valence-corrected chi connectivity index (χ2v) is 6.35. The summed E-state index contributed by atoms with van der Waals surface area (Å²) in [6.07, 6.45) is 4.84. The largest absolute Gasteiger partial charge is 0.381 e. The monoisotopic (exact) mass is 299 g/mol. The quantitative estimate of drug-likeness (QED) is 0.531. The lowest BCUT2D eigenvalue weighted by atomic mass is 10.0. The van der Waals surface area contributed by atoms with Crippen molar-refractivity contribution in [2.75, 3.05) is 19.8 Å². The number of ketones is 1. The molecular formula is C17H33NO3. The van der Waals surface area contributed by atoms with Gasteiger partial charge in [-0.3, -0.25) is 9.59 Å². The highest BCUT2D eigenvalue weighted by Crippen LogP contribution is 2.05. The molecule has 4 heteroatoms. The summed E-state index contributed by atoms with van der Waals surface area (Å²) in [4.78, 5) is 23.0. The highest BCUT2D eigenvalue weighted by molar-refractivity contribution is 5.80. The maximum Gasteiger partial charge on any atom is 0.220 e. The van der Waals surface area contributed by atoms with Gasteiger partial charge in [0.15, 0.2) is 0 Å². The highest BCUT2D eigenvalue weighted by Gasteiger charge is 2.06. The molecule has 0 saturated carbocycles. The van der Waals surface area contributed by atoms with Crippen molar-refractivity contribution in [3.05, 3.63) is 0 Å². The first kappa shape index (κ1) is 20.1. The molecule has 0 saturated heterocycles. The molecule has 0 aromatic carbocycles. The molecule has 0 atom stereocenters. The minimum Gasteiger partial charge on any atom is -0.381 e. The zero-order valence-electron chi connectivity index (χ0n) is 14.2. The summed E-state index contributed by atoms with van der Waals surface area (Å²) >= 11 is 0. The fourth-order valence-corrected chi connectivity index (χ4v) is 1.86. The first-order valence-corrected chi connectivity index (χ1v) is 8.30. The molecule has 1 N–H and O–H groups in total. The van der Waals surface area contributed by atoms with E-state index in [1.165, 1.54) is 0 Å². The van der Waals surface area contributed by atoms with Crippen molar-refractivity contribution in [1.29, 1.82) is 0 Å². The maximum atomic E-state index is 11.5. The predicted octanol–water partition coefficient (Wildman–Crippen LogP) is 3.34. The number of nitrogens with one attached hydrogen (secondary N) is 1. The second-order valence-electron chi connectivity index (χ2n) is 6.35. The summed E-state index contributed by atoms with van der Waals surface area (Å²) in [7, 11) is 0. The Labute approximate surface area is 130 Å². The van der Waals surface area contributed by atoms with Gasteiger partial charge >= 0.3 is 0 Å². The number of Topliss-reactive ketones (excluding diaryl/α,β-unsaturated/α-hetero) is 1. The lowest BCUT2D eigenvalue weighted by Crippen LogP contribution is -2.24. The van der Waals surface area contributed by atoms with E-state index in [2.05, 4.69) is 19.2 Å². The van der Waals surface area contributed by atoms with E-state index in [9.17, 15) is 9.59 Å². The van der Waals surface area contributed by atoms with E-state index in [4.69, 9.17) is 4.74 Å². The standard InChI is InChI=1S/C17H33NO3/c1-14(2)13-21-12-8-10-17(20)18-11-7-5-6-9-16(19)15(3)4/h14-15H,5-13H2,1-4H3,(H,18,20). The van der Waals surface area contributed by atoms with E-state index in [1.807, 2.05) is 13.8 Å². The average Bonchev–Trinajstić information content (AvgIpc) is 2.41. The second kappa shape index (κ2) is 12.8. The number of carbonyl (C=O) groups excluding carboxylic acids is 2. The van der Waals surface area contributed by atoms with Crippen molar-refractivity contribution < 1.29 is 14.3 Å². The number of ether oxygens (including phenoxy) is 1. The van der Waals surface area contributed by atoms with E-state index in [1.54, 1.807) is 0 Å². The number of hydrogen-bond acceptors (Lipinski definition) is 3. The Bertz CT molecular complexity index is 288. The van der Waals surface area contributed by atoms with Gasteiger partial charge in [-0.15, -0.1) is 0 Å². The molecule has 124 valence electrons. The third-order valence-corrected chi connectivity index (χ3v) is 3.21. The van der Waals surface area contributed by atoms with E-state index >= 15 is 0 Å². The van der Waals surface area contributed by atoms with Crippen LogP contribution in [-0.4, -0.2) is 31.4 Å². The van der Waals surface area contributed by atoms with E-state index < -0.39 is 0 Å². The van der Waals surface area contributed by atoms with Gasteiger partial charge in [0.05, 0.1) is 0 Å². The van der Waals surface area contributed by atoms with Gasteiger partial charge < -0.3 is 10.1 Å². The van der Waals surface area contributed by atoms with Crippen molar-refractivity contribution in [3.8, 4) is 0 Å². The zero-order chi connectivity index (χ0) is 16.1. The van der Waals surface area contributed by atoms with Crippen molar-refractivity contribution >= 4 is 11.7 Å². The van der Waals surface area contributed by atoms with Crippen molar-refractivity contribution in [2.45, 2.75) is 66.2 Å². The number of carbonyl (C=O) groups is 2. The summed E-state index contributed by atoms with van der Waals surface area (Å²) in [5.41, 5.74) is 0. The van der Waals surface area contributed by atoms with Crippen LogP contribution in [0.1, 0.15) is 66.2 Å². The van der Waals surface area contributed by atoms with E-state index in [-0.39, 0.29) is 11.8 Å². The van der Waals surface area contributed by atoms with Gasteiger partial charge in [-0.2, -0.15) is 0 Å². The van der Waals surface area contributed by atoms with Crippen LogP contribution in [0.5, 0.6) is 0 Å². The van der Waals surface area contributed by atoms with Crippen LogP contribution in [0.25, 0.3) is 0 Å². The van der Waals surface area contributed by atoms with E-state index in [0.717, 1.165) is 32.3 Å². The molecule has 0 unspecified atom stereocenters. The molecule has 0 heterocycles. The summed E-state index contributed by atoms with van der Waals surface area (Å²) in [5, 5.41) is 2.91. The fraction of sp³-hybridized carbons (Fsp3) is 0.882. The van der Waals surface area contributed by atoms with Crippen molar-refractivity contribution in [2.24, 2.45) is 11.8 Å². The van der Waals surface area contributed by atoms with Gasteiger partial charge in [0.1, 0.15) is 5.78 Å². The average molecular weight is 299 g/mol. The Kier molecular flexibility index (Phi) is 12.3. The van der Waals surface area contributed by atoms with Gasteiger partial charge in [-0.05, 0) is 25.2 Å². The van der Waals surface area contributed by atoms with Crippen molar-refractivity contribution in [1.82, 2.24) is 5.32 Å². The molecule has 0 aromatic rings. The fourth-order valence-electron chi connectivity index (χ4n) is 1.86. The number of rotatable bonds is 13. The van der Waals surface area contributed by atoms with Gasteiger partial charge in [0.2, 0.25) is 5.91 Å². The Morgan fingerprint density at radius 1 is 0.952 bits per heavy atom. The van der Waals surface area contributed by atoms with Crippen LogP contribution in [0.3, 0.4) is 0 Å². The molecule has 0 bridgehead atoms. The molecule has 0 aromatic heterocycles. The number of unbranched alkanes of at least 4 members (excludes halogenated alkanes) is 2. The molecular weight excluding hydrogens is 266 g/mol. The van der Waals surface area contributed by atoms with E-state index in [0.29, 0.717) is 37.7 Å². The molecule has 21 heavy (non-hydrogen) atoms. The van der Waals surface area contributed by atoms with Gasteiger partial charge in [0.25, 0.3) is 0 Å². The predicted molar refractivity (Wildman–Crippen MR) is 86.2 cm³/mol. The Morgan fingerprint density at radius 2 is 1.67 bits per heavy atom. The molecule has 0 aliphatic carbocycles. The minimum absolute atomic E-state index is 0.0985. The smallest absolute Gasteiger partial charge is 0.220 e. The summed E-state index contributed by atoms with van der Waals surface area (Å²) in [5.74, 6) is 1.12. The topological polar surface area (TPSA) is 55.4 Å². The highest BCUT2D eigenvalue weighted by atomic mass is 16.5. The van der Waals surface area contributed by atoms with Crippen LogP contribution < -0.4 is 5.32 Å². The SMILES string of the molecule is CC(C)COCCCC(=O)NCCCCCC(=O)C(C)C. The van der Waals surface area contributed by atoms with Crippen LogP contribution in [-0.2, 0) is 14.3 Å². The molecule has 0 rings (SSSR count). The first-order valence-electron chi connectivity index (χ1n) is 8.30. The maximum absolute atomic E-state index is 11.5. The molecule has 0 radical (unpaired) electrons. The zero-order valence-corrected chi connectivity index (χ0v) is 14.2. The van der Waals surface area contributed by atoms with Gasteiger partial charge in [-0.1, -0.05) is 34.1 Å². The molecule has 0 spiro atoms. The van der Waals surface area contributed by atoms with Crippen LogP contribution in [0.4, 0.5) is 0 Å². The third-order valence-electron chi connectivity index (χ3n) is 3.21. The lowest BCUT2D eigenvalue weighted by molar-refractivity contribution is -0.122. The van der Waals surface area contributed by atoms with Crippen LogP contribution >= 0.6 is 0 Å². The molecule has 1 amide bonds. The van der Waals surface area contributed by atoms with Crippen molar-refractivity contribution in [3.63, 3.8) is 0 Å². The first-order chi connectivity index (χ1) is 9.93. The lowest BCUT2D eigenvalue weighted by Gasteiger charge is -2.07. The minimum atomic E-state index is 0.0985. The Balaban J connectivity index is 3.32. The molecule has 0 aliphatic heterocycles. The molecule has 0 fully saturated rings. The van der Waals surface area contributed by atoms with Crippen LogP contribution in [0.15, 0.2) is 0 Å². The normalized spacial score (nSPS) is 11.1. The van der Waals surface area contributed by atoms with Crippen LogP contribution in [0.2, 0.25) is 0 Å². The third kappa shape index (κ3) is 13.8. The molecule has 4 nitrogen and oxygen atoms in total. The van der Waals surface area contributed by atoms with Gasteiger partial charge in [-0.25, -0.2) is 0 Å². The Morgan fingerprint density at radius 3 is 2.29 bits per heavy atom. The number of amides is 1. The van der Waals surface area contributed by atoms with Crippen LogP contribution in [0, 0.1) is 11.8 Å². The summed E-state index contributed by atoms with van der Waals surface area (Å²) in [6.45, 7) is 10.2. The summed E-state index contributed by atoms with van der Waals surface area (Å²) < 4.78 is 5.43. The van der Waals surface area contributed by atoms with Gasteiger partial charge in [0, 0.05) is 38.5 Å². The number of hydrogen-bond donors (Lipinski definition) is 1. The Hall–Kier alpha value is -0.900. The summed E-state index contributed by atoms with van der Waals surface area (Å²) in [6, 6.07) is 0. The molecule has 0 aliphatic rings.